The molecule has 3 rings (SSSR count). The van der Waals surface area contributed by atoms with E-state index in [1.807, 2.05) is 24.3 Å². The van der Waals surface area contributed by atoms with Gasteiger partial charge in [-0.3, -0.25) is 0 Å². The molecule has 0 atom stereocenters. The van der Waals surface area contributed by atoms with Gasteiger partial charge in [0.1, 0.15) is 5.82 Å². The number of hydrogen-bond acceptors (Lipinski definition) is 3. The van der Waals surface area contributed by atoms with Crippen molar-refractivity contribution in [2.75, 3.05) is 0 Å². The van der Waals surface area contributed by atoms with Crippen molar-refractivity contribution in [3.8, 4) is 5.88 Å². The fourth-order valence-electron chi connectivity index (χ4n) is 2.14. The van der Waals surface area contributed by atoms with Crippen LogP contribution in [0, 0.1) is 5.82 Å². The van der Waals surface area contributed by atoms with Crippen LogP contribution in [-0.2, 0) is 6.42 Å². The molecule has 0 saturated carbocycles. The number of azo groups is 1. The van der Waals surface area contributed by atoms with E-state index in [2.05, 4.69) is 22.1 Å². The molecule has 106 valence electrons. The lowest BCUT2D eigenvalue weighted by Crippen LogP contribution is -1.76. The number of aromatic nitrogens is 1. The van der Waals surface area contributed by atoms with Crippen LogP contribution >= 0.6 is 0 Å². The lowest BCUT2D eigenvalue weighted by atomic mass is 10.2. The number of rotatable bonds is 3. The van der Waals surface area contributed by atoms with E-state index < -0.39 is 0 Å². The number of aryl methyl sites for hydroxylation is 1. The van der Waals surface area contributed by atoms with Gasteiger partial charge in [0, 0.05) is 5.39 Å². The van der Waals surface area contributed by atoms with E-state index in [1.54, 1.807) is 6.07 Å². The molecule has 0 aliphatic heterocycles. The summed E-state index contributed by atoms with van der Waals surface area (Å²) in [4.78, 5) is 2.74. The SMILES string of the molecule is CCc1ccc(N=Nc2c(O)[nH]c3ccc(F)cc23)cc1. The minimum absolute atomic E-state index is 0.121. The monoisotopic (exact) mass is 283 g/mol. The molecule has 0 aliphatic carbocycles. The fourth-order valence-corrected chi connectivity index (χ4v) is 2.14. The normalized spacial score (nSPS) is 11.5. The third-order valence-corrected chi connectivity index (χ3v) is 3.32. The first kappa shape index (κ1) is 13.3. The van der Waals surface area contributed by atoms with Crippen LogP contribution in [0.15, 0.2) is 52.7 Å². The van der Waals surface area contributed by atoms with Crippen molar-refractivity contribution in [3.05, 3.63) is 53.8 Å². The van der Waals surface area contributed by atoms with Gasteiger partial charge in [-0.15, -0.1) is 5.11 Å². The highest BCUT2D eigenvalue weighted by Gasteiger charge is 2.11. The summed E-state index contributed by atoms with van der Waals surface area (Å²) in [6, 6.07) is 11.9. The molecular weight excluding hydrogens is 269 g/mol. The summed E-state index contributed by atoms with van der Waals surface area (Å²) in [6.45, 7) is 2.08. The van der Waals surface area contributed by atoms with Gasteiger partial charge in [0.05, 0.1) is 11.2 Å². The van der Waals surface area contributed by atoms with Gasteiger partial charge in [0.2, 0.25) is 5.88 Å². The van der Waals surface area contributed by atoms with E-state index in [0.29, 0.717) is 16.6 Å². The second-order valence-electron chi connectivity index (χ2n) is 4.73. The number of aromatic hydroxyl groups is 1. The van der Waals surface area contributed by atoms with E-state index >= 15 is 0 Å². The third-order valence-electron chi connectivity index (χ3n) is 3.32. The smallest absolute Gasteiger partial charge is 0.218 e. The second-order valence-corrected chi connectivity index (χ2v) is 4.73. The van der Waals surface area contributed by atoms with Crippen molar-refractivity contribution in [1.82, 2.24) is 4.98 Å². The average Bonchev–Trinajstić information content (AvgIpc) is 2.80. The molecule has 1 aromatic heterocycles. The van der Waals surface area contributed by atoms with Gasteiger partial charge >= 0.3 is 0 Å². The molecule has 2 aromatic carbocycles. The highest BCUT2D eigenvalue weighted by Crippen LogP contribution is 2.36. The number of benzene rings is 2. The molecule has 0 unspecified atom stereocenters. The lowest BCUT2D eigenvalue weighted by Gasteiger charge is -1.96. The summed E-state index contributed by atoms with van der Waals surface area (Å²) in [5, 5.41) is 18.5. The predicted octanol–water partition coefficient (Wildman–Crippen LogP) is 4.99. The molecular formula is C16H14FN3O. The maximum Gasteiger partial charge on any atom is 0.218 e. The van der Waals surface area contributed by atoms with Crippen LogP contribution in [0.3, 0.4) is 0 Å². The van der Waals surface area contributed by atoms with Gasteiger partial charge in [-0.25, -0.2) is 4.39 Å². The Balaban J connectivity index is 1.98. The van der Waals surface area contributed by atoms with Crippen molar-refractivity contribution < 1.29 is 9.50 Å². The largest absolute Gasteiger partial charge is 0.493 e. The van der Waals surface area contributed by atoms with Gasteiger partial charge < -0.3 is 10.1 Å². The molecule has 21 heavy (non-hydrogen) atoms. The predicted molar refractivity (Wildman–Crippen MR) is 79.9 cm³/mol. The quantitative estimate of drug-likeness (QED) is 0.653. The Morgan fingerprint density at radius 2 is 1.86 bits per heavy atom. The summed E-state index contributed by atoms with van der Waals surface area (Å²) < 4.78 is 13.3. The molecule has 0 radical (unpaired) electrons. The van der Waals surface area contributed by atoms with E-state index in [-0.39, 0.29) is 17.4 Å². The molecule has 0 aliphatic rings. The number of aromatic amines is 1. The molecule has 1 heterocycles. The summed E-state index contributed by atoms with van der Waals surface area (Å²) in [6.07, 6.45) is 0.958. The third kappa shape index (κ3) is 2.63. The molecule has 0 bridgehead atoms. The Morgan fingerprint density at radius 3 is 2.57 bits per heavy atom. The Kier molecular flexibility index (Phi) is 3.39. The second kappa shape index (κ2) is 5.36. The summed E-state index contributed by atoms with van der Waals surface area (Å²) in [5.41, 5.74) is 2.75. The van der Waals surface area contributed by atoms with Crippen LogP contribution in [0.25, 0.3) is 10.9 Å². The number of H-pyrrole nitrogens is 1. The number of nitrogens with one attached hydrogen (secondary N) is 1. The summed E-state index contributed by atoms with van der Waals surface area (Å²) >= 11 is 0. The van der Waals surface area contributed by atoms with Crippen molar-refractivity contribution in [1.29, 1.82) is 0 Å². The highest BCUT2D eigenvalue weighted by atomic mass is 19.1. The summed E-state index contributed by atoms with van der Waals surface area (Å²) in [7, 11) is 0. The van der Waals surface area contributed by atoms with Crippen molar-refractivity contribution in [2.45, 2.75) is 13.3 Å². The van der Waals surface area contributed by atoms with Gasteiger partial charge in [-0.2, -0.15) is 5.11 Å². The fraction of sp³-hybridized carbons (Fsp3) is 0.125. The van der Waals surface area contributed by atoms with Crippen molar-refractivity contribution in [2.24, 2.45) is 10.2 Å². The standard InChI is InChI=1S/C16H14FN3O/c1-2-10-3-6-12(7-4-10)19-20-15-13-9-11(17)5-8-14(13)18-16(15)21/h3-9,18,21H,2H2,1H3. The van der Waals surface area contributed by atoms with Crippen LogP contribution in [0.1, 0.15) is 12.5 Å². The van der Waals surface area contributed by atoms with Crippen LogP contribution in [0.5, 0.6) is 5.88 Å². The van der Waals surface area contributed by atoms with Crippen molar-refractivity contribution >= 4 is 22.3 Å². The van der Waals surface area contributed by atoms with E-state index in [9.17, 15) is 9.50 Å². The number of nitrogens with zero attached hydrogens (tertiary/aromatic N) is 2. The first-order chi connectivity index (χ1) is 10.2. The van der Waals surface area contributed by atoms with Crippen molar-refractivity contribution in [3.63, 3.8) is 0 Å². The molecule has 0 fully saturated rings. The van der Waals surface area contributed by atoms with Gasteiger partial charge in [0.25, 0.3) is 0 Å². The highest BCUT2D eigenvalue weighted by molar-refractivity contribution is 5.94. The minimum atomic E-state index is -0.384. The topological polar surface area (TPSA) is 60.7 Å². The Hall–Kier alpha value is -2.69. The van der Waals surface area contributed by atoms with Crippen LogP contribution in [0.2, 0.25) is 0 Å². The zero-order valence-electron chi connectivity index (χ0n) is 11.5. The zero-order chi connectivity index (χ0) is 14.8. The lowest BCUT2D eigenvalue weighted by molar-refractivity contribution is 0.459. The number of halogens is 1. The maximum atomic E-state index is 13.3. The Bertz CT molecular complexity index is 806. The molecule has 0 saturated heterocycles. The van der Waals surface area contributed by atoms with E-state index in [1.165, 1.54) is 17.7 Å². The van der Waals surface area contributed by atoms with Gasteiger partial charge in [0.15, 0.2) is 5.69 Å². The minimum Gasteiger partial charge on any atom is -0.493 e. The molecule has 2 N–H and O–H groups in total. The van der Waals surface area contributed by atoms with Gasteiger partial charge in [-0.1, -0.05) is 19.1 Å². The molecule has 5 heteroatoms. The first-order valence-corrected chi connectivity index (χ1v) is 6.68. The Labute approximate surface area is 121 Å². The molecule has 4 nitrogen and oxygen atoms in total. The van der Waals surface area contributed by atoms with E-state index in [4.69, 9.17) is 0 Å². The number of fused-ring (bicyclic) bond motifs is 1. The molecule has 3 aromatic rings. The van der Waals surface area contributed by atoms with E-state index in [0.717, 1.165) is 6.42 Å². The molecule has 0 spiro atoms. The summed E-state index contributed by atoms with van der Waals surface area (Å²) in [5.74, 6) is -0.505. The van der Waals surface area contributed by atoms with Gasteiger partial charge in [-0.05, 0) is 42.3 Å². The zero-order valence-corrected chi connectivity index (χ0v) is 11.5. The van der Waals surface area contributed by atoms with Crippen LogP contribution in [0.4, 0.5) is 15.8 Å². The maximum absolute atomic E-state index is 13.3. The average molecular weight is 283 g/mol. The Morgan fingerprint density at radius 1 is 1.10 bits per heavy atom. The number of hydrogen-bond donors (Lipinski definition) is 2. The molecule has 0 amide bonds. The van der Waals surface area contributed by atoms with Crippen LogP contribution in [-0.4, -0.2) is 10.1 Å². The first-order valence-electron chi connectivity index (χ1n) is 6.68. The van der Waals surface area contributed by atoms with Crippen LogP contribution < -0.4 is 0 Å².